The number of aryl methyl sites for hydroxylation is 1. The molecule has 0 bridgehead atoms. The fourth-order valence-corrected chi connectivity index (χ4v) is 3.20. The van der Waals surface area contributed by atoms with Gasteiger partial charge in [0.1, 0.15) is 17.3 Å². The van der Waals surface area contributed by atoms with Gasteiger partial charge in [0.05, 0.1) is 0 Å². The minimum absolute atomic E-state index is 0.151. The van der Waals surface area contributed by atoms with Crippen LogP contribution in [0, 0.1) is 6.92 Å². The number of ether oxygens (including phenoxy) is 2. The molecule has 0 unspecified atom stereocenters. The van der Waals surface area contributed by atoms with E-state index in [9.17, 15) is 9.59 Å². The van der Waals surface area contributed by atoms with E-state index >= 15 is 0 Å². The third kappa shape index (κ3) is 3.83. The number of hydrogen-bond acceptors (Lipinski definition) is 7. The zero-order valence-electron chi connectivity index (χ0n) is 15.6. The zero-order valence-corrected chi connectivity index (χ0v) is 15.6. The Bertz CT molecular complexity index is 896. The number of amides is 2. The van der Waals surface area contributed by atoms with Gasteiger partial charge >= 0.3 is 0 Å². The molecule has 1 aromatic carbocycles. The molecule has 9 heteroatoms. The summed E-state index contributed by atoms with van der Waals surface area (Å²) in [5.41, 5.74) is 1.36. The first kappa shape index (κ1) is 18.0. The van der Waals surface area contributed by atoms with E-state index in [1.54, 1.807) is 22.8 Å². The Morgan fingerprint density at radius 1 is 1.14 bits per heavy atom. The average Bonchev–Trinajstić information content (AvgIpc) is 3.19. The number of benzene rings is 1. The summed E-state index contributed by atoms with van der Waals surface area (Å²) in [5.74, 6) is 2.42. The highest BCUT2D eigenvalue weighted by Crippen LogP contribution is 2.32. The van der Waals surface area contributed by atoms with E-state index < -0.39 is 0 Å². The van der Waals surface area contributed by atoms with Crippen LogP contribution in [-0.2, 0) is 11.3 Å². The number of nitrogens with zero attached hydrogens (tertiary/aromatic N) is 4. The maximum atomic E-state index is 12.8. The van der Waals surface area contributed by atoms with Crippen LogP contribution in [-0.4, -0.2) is 65.1 Å². The highest BCUT2D eigenvalue weighted by molar-refractivity contribution is 5.93. The van der Waals surface area contributed by atoms with Gasteiger partial charge in [-0.15, -0.1) is 0 Å². The molecule has 2 amide bonds. The van der Waals surface area contributed by atoms with E-state index in [4.69, 9.17) is 9.47 Å². The lowest BCUT2D eigenvalue weighted by Crippen LogP contribution is -2.48. The molecular weight excluding hydrogens is 362 g/mol. The lowest BCUT2D eigenvalue weighted by molar-refractivity contribution is -0.119. The summed E-state index contributed by atoms with van der Waals surface area (Å²) in [6, 6.07) is 7.40. The first-order chi connectivity index (χ1) is 13.6. The van der Waals surface area contributed by atoms with Crippen LogP contribution in [0.25, 0.3) is 0 Å². The molecule has 2 aliphatic heterocycles. The molecule has 9 nitrogen and oxygen atoms in total. The number of nitrogens with one attached hydrogen (secondary N) is 1. The average molecular weight is 383 g/mol. The van der Waals surface area contributed by atoms with Crippen molar-refractivity contribution < 1.29 is 19.1 Å². The maximum absolute atomic E-state index is 12.8. The minimum Gasteiger partial charge on any atom is -0.454 e. The van der Waals surface area contributed by atoms with Gasteiger partial charge in [0.25, 0.3) is 5.91 Å². The first-order valence-corrected chi connectivity index (χ1v) is 9.09. The van der Waals surface area contributed by atoms with Crippen molar-refractivity contribution in [3.05, 3.63) is 41.3 Å². The lowest BCUT2D eigenvalue weighted by Gasteiger charge is -2.32. The van der Waals surface area contributed by atoms with Crippen molar-refractivity contribution in [2.24, 2.45) is 0 Å². The van der Waals surface area contributed by atoms with E-state index in [0.29, 0.717) is 50.1 Å². The summed E-state index contributed by atoms with van der Waals surface area (Å²) < 4.78 is 10.7. The topological polar surface area (TPSA) is 96.9 Å². The smallest absolute Gasteiger partial charge is 0.272 e. The molecule has 0 radical (unpaired) electrons. The molecule has 0 spiro atoms. The van der Waals surface area contributed by atoms with E-state index in [2.05, 4.69) is 15.3 Å². The molecule has 1 N–H and O–H groups in total. The molecule has 146 valence electrons. The standard InChI is InChI=1S/C19H21N5O4/c1-13-21-15(19(26)24-6-4-23(11-25)5-7-24)9-18(22-13)20-10-14-2-3-16-17(8-14)28-12-27-16/h2-3,8-9,11H,4-7,10,12H2,1H3,(H,20,21,22). The molecule has 1 aromatic heterocycles. The summed E-state index contributed by atoms with van der Waals surface area (Å²) in [5, 5.41) is 3.23. The Morgan fingerprint density at radius 2 is 1.93 bits per heavy atom. The van der Waals surface area contributed by atoms with Gasteiger partial charge in [-0.05, 0) is 24.6 Å². The number of anilines is 1. The summed E-state index contributed by atoms with van der Waals surface area (Å²) in [4.78, 5) is 35.6. The van der Waals surface area contributed by atoms with Gasteiger partial charge in [0, 0.05) is 38.8 Å². The van der Waals surface area contributed by atoms with E-state index in [0.717, 1.165) is 23.5 Å². The molecule has 2 aromatic rings. The molecule has 4 rings (SSSR count). The van der Waals surface area contributed by atoms with Crippen molar-refractivity contribution in [2.75, 3.05) is 38.3 Å². The number of piperazine rings is 1. The monoisotopic (exact) mass is 383 g/mol. The van der Waals surface area contributed by atoms with Gasteiger partial charge in [0.2, 0.25) is 13.2 Å². The maximum Gasteiger partial charge on any atom is 0.272 e. The zero-order chi connectivity index (χ0) is 19.5. The Balaban J connectivity index is 1.43. The highest BCUT2D eigenvalue weighted by Gasteiger charge is 2.23. The normalized spacial score (nSPS) is 15.5. The minimum atomic E-state index is -0.151. The Hall–Kier alpha value is -3.36. The SMILES string of the molecule is Cc1nc(NCc2ccc3c(c2)OCO3)cc(C(=O)N2CCN(C=O)CC2)n1. The third-order valence-electron chi connectivity index (χ3n) is 4.72. The van der Waals surface area contributed by atoms with Gasteiger partial charge in [-0.25, -0.2) is 9.97 Å². The van der Waals surface area contributed by atoms with Crippen LogP contribution in [0.15, 0.2) is 24.3 Å². The van der Waals surface area contributed by atoms with Crippen molar-refractivity contribution >= 4 is 18.1 Å². The molecule has 3 heterocycles. The summed E-state index contributed by atoms with van der Waals surface area (Å²) in [6.07, 6.45) is 0.814. The fourth-order valence-electron chi connectivity index (χ4n) is 3.20. The van der Waals surface area contributed by atoms with Gasteiger partial charge in [0.15, 0.2) is 11.5 Å². The fraction of sp³-hybridized carbons (Fsp3) is 0.368. The van der Waals surface area contributed by atoms with Crippen LogP contribution in [0.4, 0.5) is 5.82 Å². The molecule has 0 saturated carbocycles. The van der Waals surface area contributed by atoms with Crippen molar-refractivity contribution in [3.63, 3.8) is 0 Å². The van der Waals surface area contributed by atoms with Crippen molar-refractivity contribution in [1.29, 1.82) is 0 Å². The summed E-state index contributed by atoms with van der Waals surface area (Å²) >= 11 is 0. The predicted molar refractivity (Wildman–Crippen MR) is 100 cm³/mol. The summed E-state index contributed by atoms with van der Waals surface area (Å²) in [7, 11) is 0. The first-order valence-electron chi connectivity index (χ1n) is 9.09. The molecule has 0 aliphatic carbocycles. The third-order valence-corrected chi connectivity index (χ3v) is 4.72. The second-order valence-electron chi connectivity index (χ2n) is 6.66. The molecular formula is C19H21N5O4. The molecule has 28 heavy (non-hydrogen) atoms. The van der Waals surface area contributed by atoms with Gasteiger partial charge in [-0.2, -0.15) is 0 Å². The largest absolute Gasteiger partial charge is 0.454 e. The van der Waals surface area contributed by atoms with Crippen LogP contribution in [0.5, 0.6) is 11.5 Å². The van der Waals surface area contributed by atoms with E-state index in [-0.39, 0.29) is 12.7 Å². The Morgan fingerprint density at radius 3 is 2.71 bits per heavy atom. The summed E-state index contributed by atoms with van der Waals surface area (Å²) in [6.45, 7) is 4.60. The number of carbonyl (C=O) groups excluding carboxylic acids is 2. The van der Waals surface area contributed by atoms with Gasteiger partial charge in [-0.1, -0.05) is 6.07 Å². The molecule has 2 aliphatic rings. The van der Waals surface area contributed by atoms with Crippen LogP contribution >= 0.6 is 0 Å². The quantitative estimate of drug-likeness (QED) is 0.771. The van der Waals surface area contributed by atoms with Crippen LogP contribution < -0.4 is 14.8 Å². The number of rotatable bonds is 5. The van der Waals surface area contributed by atoms with Gasteiger partial charge < -0.3 is 24.6 Å². The lowest BCUT2D eigenvalue weighted by atomic mass is 10.2. The highest BCUT2D eigenvalue weighted by atomic mass is 16.7. The Kier molecular flexibility index (Phi) is 4.96. The molecule has 0 atom stereocenters. The van der Waals surface area contributed by atoms with Crippen molar-refractivity contribution in [1.82, 2.24) is 19.8 Å². The number of aromatic nitrogens is 2. The van der Waals surface area contributed by atoms with Crippen molar-refractivity contribution in [2.45, 2.75) is 13.5 Å². The molecule has 1 saturated heterocycles. The van der Waals surface area contributed by atoms with Crippen LogP contribution in [0.2, 0.25) is 0 Å². The van der Waals surface area contributed by atoms with E-state index in [1.807, 2.05) is 18.2 Å². The second kappa shape index (κ2) is 7.71. The van der Waals surface area contributed by atoms with Crippen molar-refractivity contribution in [3.8, 4) is 11.5 Å². The van der Waals surface area contributed by atoms with Crippen LogP contribution in [0.1, 0.15) is 21.9 Å². The number of hydrogen-bond donors (Lipinski definition) is 1. The van der Waals surface area contributed by atoms with Gasteiger partial charge in [-0.3, -0.25) is 9.59 Å². The Labute approximate surface area is 162 Å². The van der Waals surface area contributed by atoms with Crippen LogP contribution in [0.3, 0.4) is 0 Å². The second-order valence-corrected chi connectivity index (χ2v) is 6.66. The number of fused-ring (bicyclic) bond motifs is 1. The molecule has 1 fully saturated rings. The van der Waals surface area contributed by atoms with E-state index in [1.165, 1.54) is 0 Å². The number of carbonyl (C=O) groups is 2. The predicted octanol–water partition coefficient (Wildman–Crippen LogP) is 1.04.